The van der Waals surface area contributed by atoms with Gasteiger partial charge in [-0.1, -0.05) is 11.8 Å². The molecule has 28 heavy (non-hydrogen) atoms. The van der Waals surface area contributed by atoms with E-state index in [2.05, 4.69) is 20.3 Å². The van der Waals surface area contributed by atoms with Gasteiger partial charge in [0, 0.05) is 17.3 Å². The van der Waals surface area contributed by atoms with Gasteiger partial charge in [-0.2, -0.15) is 0 Å². The predicted molar refractivity (Wildman–Crippen MR) is 108 cm³/mol. The highest BCUT2D eigenvalue weighted by Gasteiger charge is 2.16. The van der Waals surface area contributed by atoms with E-state index in [1.807, 2.05) is 6.92 Å². The summed E-state index contributed by atoms with van der Waals surface area (Å²) in [7, 11) is 0. The molecule has 0 bridgehead atoms. The fourth-order valence-electron chi connectivity index (χ4n) is 2.66. The van der Waals surface area contributed by atoms with Crippen molar-refractivity contribution in [2.45, 2.75) is 12.1 Å². The summed E-state index contributed by atoms with van der Waals surface area (Å²) in [5, 5.41) is 5.30. The fraction of sp³-hybridized carbons (Fsp3) is 0.111. The number of nitrogens with zero attached hydrogens (tertiary/aromatic N) is 3. The van der Waals surface area contributed by atoms with Gasteiger partial charge in [-0.15, -0.1) is 11.3 Å². The van der Waals surface area contributed by atoms with E-state index in [1.54, 1.807) is 17.6 Å². The van der Waals surface area contributed by atoms with Gasteiger partial charge in [0.25, 0.3) is 5.56 Å². The maximum atomic E-state index is 13.3. The molecule has 3 aromatic heterocycles. The molecule has 0 aliphatic rings. The van der Waals surface area contributed by atoms with Crippen LogP contribution in [0.5, 0.6) is 0 Å². The molecule has 0 aliphatic heterocycles. The molecule has 0 atom stereocenters. The zero-order valence-electron chi connectivity index (χ0n) is 14.6. The molecule has 0 fully saturated rings. The minimum atomic E-state index is -0.404. The predicted octanol–water partition coefficient (Wildman–Crippen LogP) is 3.35. The number of thioether (sulfide) groups is 1. The number of carbonyl (C=O) groups excluding carboxylic acids is 1. The minimum absolute atomic E-state index is 0.0438. The summed E-state index contributed by atoms with van der Waals surface area (Å²) in [6, 6.07) is 7.32. The van der Waals surface area contributed by atoms with Crippen LogP contribution in [-0.4, -0.2) is 31.2 Å². The third kappa shape index (κ3) is 3.69. The van der Waals surface area contributed by atoms with E-state index < -0.39 is 5.82 Å². The number of aromatic amines is 1. The van der Waals surface area contributed by atoms with Crippen molar-refractivity contribution in [1.82, 2.24) is 19.5 Å². The van der Waals surface area contributed by atoms with Gasteiger partial charge in [0.15, 0.2) is 10.3 Å². The number of aryl methyl sites for hydroxylation is 1. The van der Waals surface area contributed by atoms with Crippen LogP contribution in [-0.2, 0) is 4.79 Å². The first kappa shape index (κ1) is 18.4. The molecule has 4 rings (SSSR count). The van der Waals surface area contributed by atoms with Crippen LogP contribution in [0.3, 0.4) is 0 Å². The zero-order chi connectivity index (χ0) is 19.7. The molecular formula is C18H14FN5O2S2. The SMILES string of the molecule is Cc1cc2nc(SCC(=O)Nc3nccs3)n(-c3ccc(F)cc3)c(=O)c2[nH]1. The largest absolute Gasteiger partial charge is 0.353 e. The molecule has 1 amide bonds. The Bertz CT molecular complexity index is 1200. The van der Waals surface area contributed by atoms with Gasteiger partial charge in [-0.05, 0) is 37.3 Å². The van der Waals surface area contributed by atoms with Crippen LogP contribution in [0.4, 0.5) is 9.52 Å². The molecule has 4 aromatic rings. The number of hydrogen-bond acceptors (Lipinski definition) is 6. The van der Waals surface area contributed by atoms with Crippen LogP contribution in [0.25, 0.3) is 16.7 Å². The maximum absolute atomic E-state index is 13.3. The van der Waals surface area contributed by atoms with Crippen molar-refractivity contribution in [2.24, 2.45) is 0 Å². The first-order valence-electron chi connectivity index (χ1n) is 8.22. The summed E-state index contributed by atoms with van der Waals surface area (Å²) in [5.74, 6) is -0.619. The summed E-state index contributed by atoms with van der Waals surface area (Å²) in [5.41, 5.74) is 1.83. The minimum Gasteiger partial charge on any atom is -0.353 e. The molecule has 7 nitrogen and oxygen atoms in total. The van der Waals surface area contributed by atoms with Gasteiger partial charge >= 0.3 is 0 Å². The molecule has 0 radical (unpaired) electrons. The summed E-state index contributed by atoms with van der Waals surface area (Å²) in [4.78, 5) is 36.8. The van der Waals surface area contributed by atoms with Crippen molar-refractivity contribution < 1.29 is 9.18 Å². The second kappa shape index (κ2) is 7.56. The number of hydrogen-bond donors (Lipinski definition) is 2. The monoisotopic (exact) mass is 415 g/mol. The molecule has 3 heterocycles. The number of anilines is 1. The van der Waals surface area contributed by atoms with E-state index in [1.165, 1.54) is 40.2 Å². The topological polar surface area (TPSA) is 92.7 Å². The molecular weight excluding hydrogens is 401 g/mol. The van der Waals surface area contributed by atoms with Crippen LogP contribution in [0.1, 0.15) is 5.69 Å². The van der Waals surface area contributed by atoms with Crippen molar-refractivity contribution in [2.75, 3.05) is 11.1 Å². The Morgan fingerprint density at radius 1 is 1.36 bits per heavy atom. The molecule has 0 unspecified atom stereocenters. The third-order valence-corrected chi connectivity index (χ3v) is 5.48. The normalized spacial score (nSPS) is 11.1. The average molecular weight is 415 g/mol. The number of benzene rings is 1. The number of thiazole rings is 1. The highest BCUT2D eigenvalue weighted by Crippen LogP contribution is 2.22. The number of nitrogens with one attached hydrogen (secondary N) is 2. The Balaban J connectivity index is 1.71. The molecule has 0 spiro atoms. The molecule has 1 aromatic carbocycles. The lowest BCUT2D eigenvalue weighted by molar-refractivity contribution is -0.113. The average Bonchev–Trinajstić information content (AvgIpc) is 3.30. The summed E-state index contributed by atoms with van der Waals surface area (Å²) >= 11 is 2.44. The van der Waals surface area contributed by atoms with Gasteiger partial charge in [-0.3, -0.25) is 14.2 Å². The van der Waals surface area contributed by atoms with Gasteiger partial charge in [0.05, 0.1) is 17.0 Å². The van der Waals surface area contributed by atoms with E-state index >= 15 is 0 Å². The Kier molecular flexibility index (Phi) is 4.97. The number of halogens is 1. The zero-order valence-corrected chi connectivity index (χ0v) is 16.2. The maximum Gasteiger partial charge on any atom is 0.283 e. The molecule has 0 saturated heterocycles. The molecule has 10 heteroatoms. The number of aromatic nitrogens is 4. The molecule has 0 saturated carbocycles. The molecule has 2 N–H and O–H groups in total. The lowest BCUT2D eigenvalue weighted by atomic mass is 10.3. The Morgan fingerprint density at radius 3 is 2.86 bits per heavy atom. The van der Waals surface area contributed by atoms with Crippen molar-refractivity contribution >= 4 is 45.2 Å². The van der Waals surface area contributed by atoms with Gasteiger partial charge in [-0.25, -0.2) is 14.4 Å². The van der Waals surface area contributed by atoms with Gasteiger partial charge in [0.2, 0.25) is 5.91 Å². The summed E-state index contributed by atoms with van der Waals surface area (Å²) in [6.07, 6.45) is 1.60. The lowest BCUT2D eigenvalue weighted by Gasteiger charge is -2.12. The first-order chi connectivity index (χ1) is 13.5. The van der Waals surface area contributed by atoms with Crippen molar-refractivity contribution in [1.29, 1.82) is 0 Å². The lowest BCUT2D eigenvalue weighted by Crippen LogP contribution is -2.23. The number of carbonyl (C=O) groups is 1. The molecule has 0 aliphatic carbocycles. The van der Waals surface area contributed by atoms with E-state index in [0.29, 0.717) is 27.0 Å². The molecule has 142 valence electrons. The van der Waals surface area contributed by atoms with Crippen LogP contribution < -0.4 is 10.9 Å². The fourth-order valence-corrected chi connectivity index (χ4v) is 4.02. The summed E-state index contributed by atoms with van der Waals surface area (Å²) in [6.45, 7) is 1.83. The Morgan fingerprint density at radius 2 is 2.14 bits per heavy atom. The number of H-pyrrole nitrogens is 1. The van der Waals surface area contributed by atoms with E-state index in [0.717, 1.165) is 17.5 Å². The first-order valence-corrected chi connectivity index (χ1v) is 10.1. The second-order valence-corrected chi connectivity index (χ2v) is 7.74. The Labute approximate surface area is 166 Å². The number of rotatable bonds is 5. The van der Waals surface area contributed by atoms with E-state index in [4.69, 9.17) is 0 Å². The van der Waals surface area contributed by atoms with Crippen LogP contribution in [0.2, 0.25) is 0 Å². The highest BCUT2D eigenvalue weighted by atomic mass is 32.2. The number of fused-ring (bicyclic) bond motifs is 1. The quantitative estimate of drug-likeness (QED) is 0.385. The van der Waals surface area contributed by atoms with Gasteiger partial charge in [0.1, 0.15) is 11.3 Å². The highest BCUT2D eigenvalue weighted by molar-refractivity contribution is 7.99. The standard InChI is InChI=1S/C18H14FN5O2S2/c1-10-8-13-15(21-10)16(26)24(12-4-2-11(19)3-5-12)18(22-13)28-9-14(25)23-17-20-6-7-27-17/h2-8,21H,9H2,1H3,(H,20,23,25). The van der Waals surface area contributed by atoms with Crippen molar-refractivity contribution in [3.63, 3.8) is 0 Å². The van der Waals surface area contributed by atoms with E-state index in [-0.39, 0.29) is 17.2 Å². The van der Waals surface area contributed by atoms with Crippen LogP contribution >= 0.6 is 23.1 Å². The van der Waals surface area contributed by atoms with Crippen molar-refractivity contribution in [3.8, 4) is 5.69 Å². The van der Waals surface area contributed by atoms with E-state index in [9.17, 15) is 14.0 Å². The Hall–Kier alpha value is -2.98. The third-order valence-electron chi connectivity index (χ3n) is 3.85. The van der Waals surface area contributed by atoms with Crippen LogP contribution in [0.15, 0.2) is 51.9 Å². The summed E-state index contributed by atoms with van der Waals surface area (Å²) < 4.78 is 14.7. The second-order valence-electron chi connectivity index (χ2n) is 5.90. The van der Waals surface area contributed by atoms with Crippen LogP contribution in [0, 0.1) is 12.7 Å². The smallest absolute Gasteiger partial charge is 0.283 e. The van der Waals surface area contributed by atoms with Crippen molar-refractivity contribution in [3.05, 3.63) is 63.8 Å². The van der Waals surface area contributed by atoms with Gasteiger partial charge < -0.3 is 10.3 Å². The number of amides is 1.